The number of nitrogens with one attached hydrogen (secondary N) is 1. The Morgan fingerprint density at radius 2 is 1.26 bits per heavy atom. The number of amides is 1. The first-order valence-corrected chi connectivity index (χ1v) is 17.0. The van der Waals surface area contributed by atoms with Crippen LogP contribution in [0.5, 0.6) is 0 Å². The standard InChI is InChI=1S/C17H24N2O2.2C5H5N.ClH.2Cr.2H2O.5O/c1-17(2,3)16(21)19-14-9-10-18-11-13(14)15(20)12-7-5-4-6-8-12;2*1-2-4-6-5-3-1;;;;;;;;;;/h9-12H,4-8H2,1-3H3,(H,18,19,21);2*1-5H;1H;;;2*1H2;;;;;/q;;;;2*+1;;;;;;;/p-2. The van der Waals surface area contributed by atoms with E-state index in [1.165, 1.54) is 6.42 Å². The predicted molar refractivity (Wildman–Crippen MR) is 147 cm³/mol. The number of carbonyl (C=O) groups excluding carboxylic acids is 2. The number of Topliss-reactive ketones (excluding diaryl/α,β-unsaturated/α-hetero) is 1. The molecule has 43 heavy (non-hydrogen) atoms. The normalized spacial score (nSPS) is 13.1. The van der Waals surface area contributed by atoms with Crippen molar-refractivity contribution >= 4 is 29.8 Å². The number of carbonyl (C=O) groups is 2. The molecule has 3 N–H and O–H groups in total. The van der Waals surface area contributed by atoms with Gasteiger partial charge in [0.2, 0.25) is 5.91 Å². The fraction of sp³-hybridized carbons (Fsp3) is 0.370. The van der Waals surface area contributed by atoms with E-state index >= 15 is 0 Å². The van der Waals surface area contributed by atoms with E-state index in [2.05, 4.69) is 23.1 Å². The summed E-state index contributed by atoms with van der Waals surface area (Å²) in [5.41, 5.74) is 0.636. The van der Waals surface area contributed by atoms with Crippen molar-refractivity contribution in [2.24, 2.45) is 11.3 Å². The molecule has 0 radical (unpaired) electrons. The van der Waals surface area contributed by atoms with Crippen LogP contribution < -0.4 is 5.32 Å². The van der Waals surface area contributed by atoms with E-state index in [1.54, 1.807) is 43.2 Å². The smallest absolute Gasteiger partial charge is 0.0267 e. The zero-order valence-corrected chi connectivity index (χ0v) is 27.3. The van der Waals surface area contributed by atoms with Crippen molar-refractivity contribution in [2.45, 2.75) is 52.9 Å². The number of pyridine rings is 3. The summed E-state index contributed by atoms with van der Waals surface area (Å²) >= 11 is -11.5. The number of ketones is 1. The van der Waals surface area contributed by atoms with Gasteiger partial charge in [0.15, 0.2) is 5.78 Å². The van der Waals surface area contributed by atoms with Crippen molar-refractivity contribution in [1.29, 1.82) is 0 Å². The predicted octanol–water partition coefficient (Wildman–Crippen LogP) is 4.75. The Balaban J connectivity index is 0.000000655. The number of aromatic nitrogens is 3. The molecule has 3 aromatic rings. The van der Waals surface area contributed by atoms with Gasteiger partial charge in [0.1, 0.15) is 0 Å². The molecule has 0 unspecified atom stereocenters. The first-order chi connectivity index (χ1) is 19.6. The number of rotatable bonds is 5. The molecule has 0 aliphatic heterocycles. The molecule has 4 rings (SSSR count). The molecule has 0 spiro atoms. The number of halogens is 1. The van der Waals surface area contributed by atoms with Gasteiger partial charge in [-0.05, 0) is 43.2 Å². The SMILES string of the molecule is CC(C)(C)C(=O)Nc1ccncc1C(=O)C1CCCCC1.Cl.[O]=[Cr](=[O])([OH])[O][Cr](=[O])(=[O])[OH].c1ccncc1.c1ccncc1. The van der Waals surface area contributed by atoms with E-state index in [1.807, 2.05) is 57.2 Å². The number of anilines is 1. The molecule has 3 heterocycles. The van der Waals surface area contributed by atoms with Crippen LogP contribution in [0.1, 0.15) is 63.2 Å². The molecule has 1 saturated carbocycles. The number of hydrogen-bond acceptors (Lipinski definition) is 10. The van der Waals surface area contributed by atoms with Crippen molar-refractivity contribution in [3.63, 3.8) is 0 Å². The van der Waals surface area contributed by atoms with Crippen molar-refractivity contribution in [1.82, 2.24) is 15.0 Å². The van der Waals surface area contributed by atoms with Gasteiger partial charge in [-0.1, -0.05) is 52.2 Å². The molecule has 1 fully saturated rings. The maximum absolute atomic E-state index is 12.7. The summed E-state index contributed by atoms with van der Waals surface area (Å²) in [5.74, 6) is 0.103. The molecule has 0 saturated heterocycles. The van der Waals surface area contributed by atoms with E-state index in [0.29, 0.717) is 11.3 Å². The largest absolute Gasteiger partial charge is 0.265 e. The van der Waals surface area contributed by atoms with Gasteiger partial charge in [-0.15, -0.1) is 12.4 Å². The molecule has 0 bridgehead atoms. The summed E-state index contributed by atoms with van der Waals surface area (Å²) < 4.78 is 56.3. The molecule has 0 aromatic carbocycles. The van der Waals surface area contributed by atoms with Crippen molar-refractivity contribution in [2.75, 3.05) is 5.32 Å². The van der Waals surface area contributed by atoms with Gasteiger partial charge in [-0.25, -0.2) is 0 Å². The quantitative estimate of drug-likeness (QED) is 0.309. The zero-order valence-electron chi connectivity index (χ0n) is 23.9. The molecule has 1 aliphatic carbocycles. The van der Waals surface area contributed by atoms with Crippen molar-refractivity contribution in [3.05, 3.63) is 85.2 Å². The van der Waals surface area contributed by atoms with Crippen LogP contribution in [0.2, 0.25) is 0 Å². The van der Waals surface area contributed by atoms with Crippen LogP contribution in [-0.4, -0.2) is 35.0 Å². The minimum absolute atomic E-state index is 0. The van der Waals surface area contributed by atoms with Crippen LogP contribution in [0.25, 0.3) is 0 Å². The van der Waals surface area contributed by atoms with Gasteiger partial charge < -0.3 is 5.32 Å². The molecular weight excluding hydrogens is 664 g/mol. The van der Waals surface area contributed by atoms with Gasteiger partial charge in [0.05, 0.1) is 11.3 Å². The Bertz CT molecular complexity index is 1320. The van der Waals surface area contributed by atoms with Gasteiger partial charge >= 0.3 is 53.6 Å². The molecule has 238 valence electrons. The minimum Gasteiger partial charge on any atom is -0.265 e. The van der Waals surface area contributed by atoms with Gasteiger partial charge in [-0.2, -0.15) is 0 Å². The van der Waals surface area contributed by atoms with E-state index < -0.39 is 32.6 Å². The molecule has 16 heteroatoms. The summed E-state index contributed by atoms with van der Waals surface area (Å²) in [7, 11) is 0. The Morgan fingerprint density at radius 1 is 0.791 bits per heavy atom. The van der Waals surface area contributed by atoms with Gasteiger partial charge in [0, 0.05) is 48.5 Å². The summed E-state index contributed by atoms with van der Waals surface area (Å²) in [6.45, 7) is 5.56. The Morgan fingerprint density at radius 3 is 1.58 bits per heavy atom. The monoisotopic (exact) mass is 700 g/mol. The average Bonchev–Trinajstić information content (AvgIpc) is 2.94. The van der Waals surface area contributed by atoms with Crippen LogP contribution >= 0.6 is 12.4 Å². The number of hydrogen-bond donors (Lipinski definition) is 3. The maximum Gasteiger partial charge on any atom is 0.0267 e. The van der Waals surface area contributed by atoms with E-state index in [9.17, 15) is 24.8 Å². The third-order valence-corrected chi connectivity index (χ3v) is 8.05. The molecule has 13 nitrogen and oxygen atoms in total. The third kappa shape index (κ3) is 19.8. The van der Waals surface area contributed by atoms with Gasteiger partial charge in [0.25, 0.3) is 0 Å². The second-order valence-electron chi connectivity index (χ2n) is 9.80. The Kier molecular flexibility index (Phi) is 18.7. The molecule has 1 amide bonds. The molecule has 0 atom stereocenters. The number of nitrogens with zero attached hydrogens (tertiary/aromatic N) is 3. The molecule has 1 aliphatic rings. The Labute approximate surface area is 261 Å². The van der Waals surface area contributed by atoms with Crippen LogP contribution in [-0.2, 0) is 50.1 Å². The third-order valence-electron chi connectivity index (χ3n) is 5.30. The van der Waals surface area contributed by atoms with Crippen molar-refractivity contribution in [3.8, 4) is 0 Å². The second kappa shape index (κ2) is 20.1. The first-order valence-electron chi connectivity index (χ1n) is 12.8. The van der Waals surface area contributed by atoms with Gasteiger partial charge in [-0.3, -0.25) is 24.5 Å². The summed E-state index contributed by atoms with van der Waals surface area (Å²) in [4.78, 5) is 36.4. The second-order valence-corrected chi connectivity index (χ2v) is 13.6. The van der Waals surface area contributed by atoms with Crippen molar-refractivity contribution < 1.29 is 63.2 Å². The maximum atomic E-state index is 12.7. The van der Waals surface area contributed by atoms with E-state index in [0.717, 1.165) is 25.7 Å². The minimum atomic E-state index is -5.76. The van der Waals surface area contributed by atoms with E-state index in [-0.39, 0.29) is 30.0 Å². The molecular formula is C27H37ClCr2N4O9. The Hall–Kier alpha value is -2.98. The van der Waals surface area contributed by atoms with Crippen LogP contribution in [0.3, 0.4) is 0 Å². The fourth-order valence-electron chi connectivity index (χ4n) is 3.33. The van der Waals surface area contributed by atoms with E-state index in [4.69, 9.17) is 8.32 Å². The van der Waals surface area contributed by atoms with Crippen LogP contribution in [0.15, 0.2) is 79.6 Å². The fourth-order valence-corrected chi connectivity index (χ4v) is 5.07. The first kappa shape index (κ1) is 40.0. The van der Waals surface area contributed by atoms with Crippen LogP contribution in [0, 0.1) is 11.3 Å². The topological polar surface area (TPSA) is 203 Å². The average molecular weight is 701 g/mol. The molecule has 3 aromatic heterocycles. The zero-order chi connectivity index (χ0) is 31.7. The summed E-state index contributed by atoms with van der Waals surface area (Å²) in [6.07, 6.45) is 15.5. The summed E-state index contributed by atoms with van der Waals surface area (Å²) in [5, 5.41) is 2.87. The summed E-state index contributed by atoms with van der Waals surface area (Å²) in [6, 6.07) is 13.1. The van der Waals surface area contributed by atoms with Crippen LogP contribution in [0.4, 0.5) is 5.69 Å².